The highest BCUT2D eigenvalue weighted by molar-refractivity contribution is 6.10. The molecule has 1 aliphatic heterocycles. The van der Waals surface area contributed by atoms with Crippen LogP contribution >= 0.6 is 0 Å². The summed E-state index contributed by atoms with van der Waals surface area (Å²) in [7, 11) is 0. The Morgan fingerprint density at radius 3 is 2.44 bits per heavy atom. The van der Waals surface area contributed by atoms with Crippen LogP contribution in [0.4, 0.5) is 11.4 Å². The van der Waals surface area contributed by atoms with Gasteiger partial charge >= 0.3 is 0 Å². The number of benzene rings is 2. The number of rotatable bonds is 5. The third-order valence-corrected chi connectivity index (χ3v) is 4.16. The minimum Gasteiger partial charge on any atom is -0.366 e. The molecule has 8 nitrogen and oxygen atoms in total. The summed E-state index contributed by atoms with van der Waals surface area (Å²) in [6.07, 6.45) is 0.184. The Labute approximate surface area is 155 Å². The molecule has 4 amide bonds. The van der Waals surface area contributed by atoms with Crippen molar-refractivity contribution in [3.8, 4) is 0 Å². The van der Waals surface area contributed by atoms with Gasteiger partial charge in [-0.1, -0.05) is 12.1 Å². The van der Waals surface area contributed by atoms with Gasteiger partial charge in [0.25, 0.3) is 5.91 Å². The first kappa shape index (κ1) is 18.1. The van der Waals surface area contributed by atoms with Gasteiger partial charge in [-0.25, -0.2) is 0 Å². The second-order valence-electron chi connectivity index (χ2n) is 6.09. The summed E-state index contributed by atoms with van der Waals surface area (Å²) in [5.74, 6) is -1.60. The van der Waals surface area contributed by atoms with E-state index >= 15 is 0 Å². The number of para-hydroxylation sites is 1. The van der Waals surface area contributed by atoms with E-state index in [9.17, 15) is 19.2 Å². The summed E-state index contributed by atoms with van der Waals surface area (Å²) < 4.78 is 0. The molecule has 5 N–H and O–H groups in total. The Bertz CT molecular complexity index is 908. The van der Waals surface area contributed by atoms with Crippen LogP contribution in [0.15, 0.2) is 48.5 Å². The molecule has 2 aromatic rings. The lowest BCUT2D eigenvalue weighted by Gasteiger charge is -2.14. The van der Waals surface area contributed by atoms with Crippen LogP contribution in [0.3, 0.4) is 0 Å². The van der Waals surface area contributed by atoms with E-state index in [0.717, 1.165) is 0 Å². The maximum atomic E-state index is 12.3. The van der Waals surface area contributed by atoms with Gasteiger partial charge in [-0.2, -0.15) is 0 Å². The number of primary amides is 1. The average Bonchev–Trinajstić information content (AvgIpc) is 2.77. The molecule has 1 heterocycles. The third kappa shape index (κ3) is 4.30. The number of amides is 4. The van der Waals surface area contributed by atoms with E-state index in [-0.39, 0.29) is 30.6 Å². The minimum absolute atomic E-state index is 0.0340. The fraction of sp³-hybridized carbons (Fsp3) is 0.158. The second kappa shape index (κ2) is 7.69. The molecule has 0 saturated heterocycles. The highest BCUT2D eigenvalue weighted by Crippen LogP contribution is 2.19. The molecule has 138 valence electrons. The number of anilines is 2. The van der Waals surface area contributed by atoms with E-state index in [1.54, 1.807) is 36.4 Å². The van der Waals surface area contributed by atoms with E-state index in [1.165, 1.54) is 12.1 Å². The zero-order valence-corrected chi connectivity index (χ0v) is 14.3. The van der Waals surface area contributed by atoms with Crippen molar-refractivity contribution in [1.82, 2.24) is 5.32 Å². The van der Waals surface area contributed by atoms with E-state index in [1.807, 2.05) is 0 Å². The lowest BCUT2D eigenvalue weighted by atomic mass is 10.1. The van der Waals surface area contributed by atoms with Gasteiger partial charge in [0.2, 0.25) is 17.7 Å². The topological polar surface area (TPSA) is 130 Å². The van der Waals surface area contributed by atoms with E-state index in [2.05, 4.69) is 16.0 Å². The van der Waals surface area contributed by atoms with Crippen molar-refractivity contribution in [2.24, 2.45) is 5.73 Å². The molecule has 3 rings (SSSR count). The van der Waals surface area contributed by atoms with Gasteiger partial charge in [-0.05, 0) is 42.8 Å². The highest BCUT2D eigenvalue weighted by Gasteiger charge is 2.27. The number of fused-ring (bicyclic) bond motifs is 1. The van der Waals surface area contributed by atoms with Crippen molar-refractivity contribution in [2.45, 2.75) is 18.9 Å². The van der Waals surface area contributed by atoms with Gasteiger partial charge in [-0.3, -0.25) is 19.2 Å². The third-order valence-electron chi connectivity index (χ3n) is 4.16. The molecule has 0 spiro atoms. The molecule has 0 fully saturated rings. The molecular formula is C19H18N4O4. The Balaban J connectivity index is 1.58. The number of nitrogens with two attached hydrogens (primary N) is 1. The summed E-state index contributed by atoms with van der Waals surface area (Å²) in [4.78, 5) is 47.7. The lowest BCUT2D eigenvalue weighted by molar-refractivity contribution is -0.118. The Hall–Kier alpha value is -3.68. The maximum Gasteiger partial charge on any atom is 0.254 e. The molecule has 0 aliphatic carbocycles. The molecule has 0 unspecified atom stereocenters. The summed E-state index contributed by atoms with van der Waals surface area (Å²) in [6.45, 7) is 0. The fourth-order valence-corrected chi connectivity index (χ4v) is 2.73. The van der Waals surface area contributed by atoms with Crippen molar-refractivity contribution in [3.63, 3.8) is 0 Å². The molecule has 0 bridgehead atoms. The summed E-state index contributed by atoms with van der Waals surface area (Å²) in [5.41, 5.74) is 6.84. The van der Waals surface area contributed by atoms with Crippen molar-refractivity contribution in [2.75, 3.05) is 10.6 Å². The normalized spacial score (nSPS) is 15.8. The van der Waals surface area contributed by atoms with E-state index < -0.39 is 11.9 Å². The number of nitrogens with one attached hydrogen (secondary N) is 3. The predicted octanol–water partition coefficient (Wildman–Crippen LogP) is 1.25. The minimum atomic E-state index is -0.812. The smallest absolute Gasteiger partial charge is 0.254 e. The largest absolute Gasteiger partial charge is 0.366 e. The number of carbonyl (C=O) groups excluding carboxylic acids is 4. The molecule has 0 aromatic heterocycles. The molecule has 27 heavy (non-hydrogen) atoms. The number of hydrogen-bond donors (Lipinski definition) is 4. The van der Waals surface area contributed by atoms with Crippen molar-refractivity contribution >= 4 is 35.0 Å². The highest BCUT2D eigenvalue weighted by atomic mass is 16.2. The van der Waals surface area contributed by atoms with E-state index in [0.29, 0.717) is 22.5 Å². The summed E-state index contributed by atoms with van der Waals surface area (Å²) in [6, 6.07) is 12.0. The van der Waals surface area contributed by atoms with Crippen LogP contribution in [-0.4, -0.2) is 29.7 Å². The molecule has 0 saturated carbocycles. The molecule has 2 aromatic carbocycles. The van der Waals surface area contributed by atoms with Gasteiger partial charge in [-0.15, -0.1) is 0 Å². The maximum absolute atomic E-state index is 12.3. The van der Waals surface area contributed by atoms with Crippen molar-refractivity contribution in [1.29, 1.82) is 0 Å². The van der Waals surface area contributed by atoms with Crippen LogP contribution in [0.25, 0.3) is 0 Å². The zero-order valence-electron chi connectivity index (χ0n) is 14.3. The predicted molar refractivity (Wildman–Crippen MR) is 99.1 cm³/mol. The van der Waals surface area contributed by atoms with Crippen LogP contribution in [-0.2, 0) is 9.59 Å². The van der Waals surface area contributed by atoms with Gasteiger partial charge in [0.05, 0.1) is 11.3 Å². The van der Waals surface area contributed by atoms with Crippen LogP contribution < -0.4 is 21.7 Å². The molecular weight excluding hydrogens is 348 g/mol. The van der Waals surface area contributed by atoms with Gasteiger partial charge in [0, 0.05) is 17.7 Å². The van der Waals surface area contributed by atoms with Crippen molar-refractivity contribution < 1.29 is 19.2 Å². The average molecular weight is 366 g/mol. The number of hydrogen-bond acceptors (Lipinski definition) is 4. The standard InChI is InChI=1S/C19H18N4O4/c20-17(25)11-5-7-12(8-6-11)21-16(24)10-9-15-19(27)22-14-4-2-1-3-13(14)18(26)23-15/h1-8,15H,9-10H2,(H2,20,25)(H,21,24)(H,22,27)(H,23,26)/t15-/m0/s1. The fourth-order valence-electron chi connectivity index (χ4n) is 2.73. The SMILES string of the molecule is NC(=O)c1ccc(NC(=O)CC[C@@H]2NC(=O)c3ccccc3NC2=O)cc1. The summed E-state index contributed by atoms with van der Waals surface area (Å²) >= 11 is 0. The molecule has 8 heteroatoms. The Kier molecular flexibility index (Phi) is 5.16. The summed E-state index contributed by atoms with van der Waals surface area (Å²) in [5, 5.41) is 8.01. The Morgan fingerprint density at radius 1 is 1.04 bits per heavy atom. The quantitative estimate of drug-likeness (QED) is 0.634. The van der Waals surface area contributed by atoms with Crippen molar-refractivity contribution in [3.05, 3.63) is 59.7 Å². The lowest BCUT2D eigenvalue weighted by Crippen LogP contribution is -2.41. The van der Waals surface area contributed by atoms with Crippen LogP contribution in [0, 0.1) is 0 Å². The Morgan fingerprint density at radius 2 is 1.74 bits per heavy atom. The van der Waals surface area contributed by atoms with Crippen LogP contribution in [0.5, 0.6) is 0 Å². The zero-order chi connectivity index (χ0) is 19.4. The first-order valence-corrected chi connectivity index (χ1v) is 8.34. The second-order valence-corrected chi connectivity index (χ2v) is 6.09. The molecule has 0 radical (unpaired) electrons. The van der Waals surface area contributed by atoms with Gasteiger partial charge in [0.15, 0.2) is 0 Å². The van der Waals surface area contributed by atoms with Crippen LogP contribution in [0.2, 0.25) is 0 Å². The van der Waals surface area contributed by atoms with Gasteiger partial charge in [0.1, 0.15) is 6.04 Å². The first-order chi connectivity index (χ1) is 12.9. The molecule has 1 aliphatic rings. The first-order valence-electron chi connectivity index (χ1n) is 8.34. The van der Waals surface area contributed by atoms with Gasteiger partial charge < -0.3 is 21.7 Å². The molecule has 1 atom stereocenters. The number of carbonyl (C=O) groups is 4. The van der Waals surface area contributed by atoms with Crippen LogP contribution in [0.1, 0.15) is 33.6 Å². The monoisotopic (exact) mass is 366 g/mol. The van der Waals surface area contributed by atoms with E-state index in [4.69, 9.17) is 5.73 Å².